The molecule has 120 valence electrons. The van der Waals surface area contributed by atoms with Gasteiger partial charge < -0.3 is 10.0 Å². The molecule has 0 amide bonds. The third-order valence-electron chi connectivity index (χ3n) is 3.94. The third kappa shape index (κ3) is 3.63. The lowest BCUT2D eigenvalue weighted by Gasteiger charge is -2.31. The molecule has 0 spiro atoms. The lowest BCUT2D eigenvalue weighted by atomic mass is 10.0. The number of hydrogen-bond acceptors (Lipinski definition) is 2. The first kappa shape index (κ1) is 15.8. The zero-order valence-electron chi connectivity index (χ0n) is 13.2. The molecule has 0 aromatic heterocycles. The fourth-order valence-corrected chi connectivity index (χ4v) is 2.81. The first-order chi connectivity index (χ1) is 11.8. The molecule has 0 aliphatic rings. The van der Waals surface area contributed by atoms with Crippen molar-refractivity contribution in [1.82, 2.24) is 0 Å². The minimum atomic E-state index is -0.841. The first-order valence-corrected chi connectivity index (χ1v) is 7.92. The van der Waals surface area contributed by atoms with E-state index in [4.69, 9.17) is 0 Å². The number of aliphatic carboxylic acids is 1. The summed E-state index contributed by atoms with van der Waals surface area (Å²) in [7, 11) is 0. The molecule has 0 heterocycles. The Morgan fingerprint density at radius 3 is 1.58 bits per heavy atom. The molecule has 3 rings (SSSR count). The largest absolute Gasteiger partial charge is 0.480 e. The Morgan fingerprint density at radius 2 is 1.17 bits per heavy atom. The second kappa shape index (κ2) is 7.47. The van der Waals surface area contributed by atoms with E-state index in [1.807, 2.05) is 95.9 Å². The number of carbonyl (C=O) groups is 1. The van der Waals surface area contributed by atoms with Crippen LogP contribution in [0.4, 0.5) is 11.4 Å². The summed E-state index contributed by atoms with van der Waals surface area (Å²) in [6.07, 6.45) is 0.431. The maximum absolute atomic E-state index is 12.1. The van der Waals surface area contributed by atoms with Crippen molar-refractivity contribution in [2.24, 2.45) is 0 Å². The SMILES string of the molecule is O=C(O)[C@H](Cc1ccccc1)N(c1ccccc1)c1ccccc1. The van der Waals surface area contributed by atoms with Crippen LogP contribution < -0.4 is 4.90 Å². The second-order valence-corrected chi connectivity index (χ2v) is 5.58. The molecule has 3 nitrogen and oxygen atoms in total. The predicted octanol–water partition coefficient (Wildman–Crippen LogP) is 4.52. The lowest BCUT2D eigenvalue weighted by molar-refractivity contribution is -0.138. The molecule has 0 bridgehead atoms. The van der Waals surface area contributed by atoms with E-state index in [1.165, 1.54) is 0 Å². The van der Waals surface area contributed by atoms with Crippen molar-refractivity contribution in [3.8, 4) is 0 Å². The molecule has 0 unspecified atom stereocenters. The van der Waals surface area contributed by atoms with Gasteiger partial charge in [-0.25, -0.2) is 4.79 Å². The van der Waals surface area contributed by atoms with Gasteiger partial charge in [-0.05, 0) is 29.8 Å². The molecule has 1 atom stereocenters. The molecule has 0 saturated carbocycles. The zero-order valence-corrected chi connectivity index (χ0v) is 13.2. The van der Waals surface area contributed by atoms with E-state index < -0.39 is 12.0 Å². The van der Waals surface area contributed by atoms with Gasteiger partial charge in [0.2, 0.25) is 0 Å². The van der Waals surface area contributed by atoms with E-state index in [9.17, 15) is 9.90 Å². The van der Waals surface area contributed by atoms with Crippen molar-refractivity contribution in [3.05, 3.63) is 96.6 Å². The molecular formula is C21H19NO2. The Morgan fingerprint density at radius 1 is 0.750 bits per heavy atom. The number of hydrogen-bond donors (Lipinski definition) is 1. The molecule has 3 heteroatoms. The van der Waals surface area contributed by atoms with Crippen molar-refractivity contribution in [2.45, 2.75) is 12.5 Å². The van der Waals surface area contributed by atoms with Gasteiger partial charge in [0, 0.05) is 17.8 Å². The number of benzene rings is 3. The van der Waals surface area contributed by atoms with E-state index in [0.29, 0.717) is 6.42 Å². The Kier molecular flexibility index (Phi) is 4.92. The highest BCUT2D eigenvalue weighted by molar-refractivity contribution is 5.83. The van der Waals surface area contributed by atoms with E-state index in [-0.39, 0.29) is 0 Å². The van der Waals surface area contributed by atoms with E-state index >= 15 is 0 Å². The third-order valence-corrected chi connectivity index (χ3v) is 3.94. The minimum absolute atomic E-state index is 0.431. The minimum Gasteiger partial charge on any atom is -0.480 e. The molecule has 0 fully saturated rings. The number of carboxylic acid groups (broad SMARTS) is 1. The van der Waals surface area contributed by atoms with Crippen molar-refractivity contribution < 1.29 is 9.90 Å². The summed E-state index contributed by atoms with van der Waals surface area (Å²) in [6.45, 7) is 0. The first-order valence-electron chi connectivity index (χ1n) is 7.92. The van der Waals surface area contributed by atoms with Gasteiger partial charge in [0.15, 0.2) is 0 Å². The number of nitrogens with zero attached hydrogens (tertiary/aromatic N) is 1. The maximum atomic E-state index is 12.1. The van der Waals surface area contributed by atoms with Crippen molar-refractivity contribution in [3.63, 3.8) is 0 Å². The highest BCUT2D eigenvalue weighted by Crippen LogP contribution is 2.29. The lowest BCUT2D eigenvalue weighted by Crippen LogP contribution is -2.39. The molecule has 0 radical (unpaired) electrons. The van der Waals surface area contributed by atoms with Crippen LogP contribution in [0, 0.1) is 0 Å². The van der Waals surface area contributed by atoms with Crippen LogP contribution in [0.1, 0.15) is 5.56 Å². The second-order valence-electron chi connectivity index (χ2n) is 5.58. The van der Waals surface area contributed by atoms with Crippen LogP contribution in [0.3, 0.4) is 0 Å². The Labute approximate surface area is 141 Å². The smallest absolute Gasteiger partial charge is 0.327 e. The molecule has 0 aliphatic heterocycles. The van der Waals surface area contributed by atoms with Gasteiger partial charge in [0.05, 0.1) is 0 Å². The average molecular weight is 317 g/mol. The molecular weight excluding hydrogens is 298 g/mol. The quantitative estimate of drug-likeness (QED) is 0.726. The number of para-hydroxylation sites is 2. The highest BCUT2D eigenvalue weighted by Gasteiger charge is 2.27. The van der Waals surface area contributed by atoms with Crippen molar-refractivity contribution in [2.75, 3.05) is 4.90 Å². The van der Waals surface area contributed by atoms with Crippen LogP contribution in [0.2, 0.25) is 0 Å². The number of anilines is 2. The van der Waals surface area contributed by atoms with Gasteiger partial charge in [-0.3, -0.25) is 0 Å². The van der Waals surface area contributed by atoms with Gasteiger partial charge in [0.25, 0.3) is 0 Å². The molecule has 0 saturated heterocycles. The standard InChI is InChI=1S/C21H19NO2/c23-21(24)20(16-17-10-4-1-5-11-17)22(18-12-6-2-7-13-18)19-14-8-3-9-15-19/h1-15,20H,16H2,(H,23,24)/t20-/m0/s1. The Hall–Kier alpha value is -3.07. The predicted molar refractivity (Wildman–Crippen MR) is 96.6 cm³/mol. The van der Waals surface area contributed by atoms with Gasteiger partial charge in [-0.2, -0.15) is 0 Å². The van der Waals surface area contributed by atoms with Gasteiger partial charge in [0.1, 0.15) is 6.04 Å². The van der Waals surface area contributed by atoms with Crippen LogP contribution >= 0.6 is 0 Å². The fraction of sp³-hybridized carbons (Fsp3) is 0.0952. The molecule has 0 aliphatic carbocycles. The molecule has 3 aromatic rings. The Balaban J connectivity index is 2.03. The van der Waals surface area contributed by atoms with Crippen LogP contribution in [0.5, 0.6) is 0 Å². The summed E-state index contributed by atoms with van der Waals surface area (Å²) in [5, 5.41) is 9.89. The number of rotatable bonds is 6. The van der Waals surface area contributed by atoms with Crippen LogP contribution in [-0.2, 0) is 11.2 Å². The summed E-state index contributed by atoms with van der Waals surface area (Å²) < 4.78 is 0. The van der Waals surface area contributed by atoms with Gasteiger partial charge in [-0.15, -0.1) is 0 Å². The normalized spacial score (nSPS) is 11.7. The monoisotopic (exact) mass is 317 g/mol. The summed E-state index contributed by atoms with van der Waals surface area (Å²) >= 11 is 0. The van der Waals surface area contributed by atoms with Crippen LogP contribution in [0.15, 0.2) is 91.0 Å². The summed E-state index contributed by atoms with van der Waals surface area (Å²) in [4.78, 5) is 13.9. The summed E-state index contributed by atoms with van der Waals surface area (Å²) in [5.41, 5.74) is 2.74. The van der Waals surface area contributed by atoms with E-state index in [2.05, 4.69) is 0 Å². The topological polar surface area (TPSA) is 40.5 Å². The highest BCUT2D eigenvalue weighted by atomic mass is 16.4. The number of carboxylic acids is 1. The molecule has 3 aromatic carbocycles. The molecule has 24 heavy (non-hydrogen) atoms. The van der Waals surface area contributed by atoms with Gasteiger partial charge in [-0.1, -0.05) is 66.7 Å². The zero-order chi connectivity index (χ0) is 16.8. The van der Waals surface area contributed by atoms with Crippen LogP contribution in [-0.4, -0.2) is 17.1 Å². The fourth-order valence-electron chi connectivity index (χ4n) is 2.81. The summed E-state index contributed by atoms with van der Waals surface area (Å²) in [5.74, 6) is -0.841. The van der Waals surface area contributed by atoms with Crippen LogP contribution in [0.25, 0.3) is 0 Å². The van der Waals surface area contributed by atoms with Crippen molar-refractivity contribution >= 4 is 17.3 Å². The summed E-state index contributed by atoms with van der Waals surface area (Å²) in [6, 6.07) is 28.4. The van der Waals surface area contributed by atoms with Gasteiger partial charge >= 0.3 is 5.97 Å². The average Bonchev–Trinajstić information content (AvgIpc) is 2.64. The maximum Gasteiger partial charge on any atom is 0.327 e. The molecule has 1 N–H and O–H groups in total. The Bertz CT molecular complexity index is 733. The van der Waals surface area contributed by atoms with E-state index in [1.54, 1.807) is 0 Å². The van der Waals surface area contributed by atoms with Crippen molar-refractivity contribution in [1.29, 1.82) is 0 Å². The van der Waals surface area contributed by atoms with E-state index in [0.717, 1.165) is 16.9 Å².